The van der Waals surface area contributed by atoms with Crippen molar-refractivity contribution in [2.24, 2.45) is 11.0 Å². The molecule has 1 N–H and O–H groups in total. The van der Waals surface area contributed by atoms with Crippen LogP contribution in [0.5, 0.6) is 5.75 Å². The molecule has 1 aromatic heterocycles. The highest BCUT2D eigenvalue weighted by Gasteiger charge is 2.29. The number of nitrogens with one attached hydrogen (secondary N) is 1. The van der Waals surface area contributed by atoms with Gasteiger partial charge in [-0.2, -0.15) is 5.10 Å². The minimum Gasteiger partial charge on any atom is -0.492 e. The molecule has 1 saturated heterocycles. The van der Waals surface area contributed by atoms with E-state index < -0.39 is 0 Å². The van der Waals surface area contributed by atoms with E-state index in [1.54, 1.807) is 0 Å². The van der Waals surface area contributed by atoms with E-state index in [2.05, 4.69) is 36.2 Å². The minimum absolute atomic E-state index is 0.0118. The van der Waals surface area contributed by atoms with Gasteiger partial charge in [0.1, 0.15) is 17.9 Å². The summed E-state index contributed by atoms with van der Waals surface area (Å²) in [5.41, 5.74) is 6.80. The second kappa shape index (κ2) is 9.82. The highest BCUT2D eigenvalue weighted by Crippen LogP contribution is 2.30. The van der Waals surface area contributed by atoms with Gasteiger partial charge in [-0.05, 0) is 76.5 Å². The Morgan fingerprint density at radius 3 is 2.74 bits per heavy atom. The maximum atomic E-state index is 11.7. The van der Waals surface area contributed by atoms with E-state index >= 15 is 0 Å². The van der Waals surface area contributed by atoms with Gasteiger partial charge < -0.3 is 9.15 Å². The number of oxazole rings is 1. The first-order valence-corrected chi connectivity index (χ1v) is 12.7. The predicted molar refractivity (Wildman–Crippen MR) is 138 cm³/mol. The van der Waals surface area contributed by atoms with Crippen LogP contribution in [0.3, 0.4) is 0 Å². The highest BCUT2D eigenvalue weighted by atomic mass is 16.5. The van der Waals surface area contributed by atoms with Crippen LogP contribution in [0, 0.1) is 5.92 Å². The van der Waals surface area contributed by atoms with Gasteiger partial charge in [-0.25, -0.2) is 10.4 Å². The Balaban J connectivity index is 1.34. The predicted octanol–water partition coefficient (Wildman–Crippen LogP) is 5.39. The van der Waals surface area contributed by atoms with Crippen molar-refractivity contribution in [2.75, 3.05) is 19.7 Å². The van der Waals surface area contributed by atoms with Crippen molar-refractivity contribution in [3.8, 4) is 17.2 Å². The van der Waals surface area contributed by atoms with E-state index in [0.29, 0.717) is 24.5 Å². The van der Waals surface area contributed by atoms with Gasteiger partial charge in [-0.3, -0.25) is 9.69 Å². The van der Waals surface area contributed by atoms with Crippen LogP contribution in [0.25, 0.3) is 22.6 Å². The van der Waals surface area contributed by atoms with Gasteiger partial charge in [0.2, 0.25) is 11.8 Å². The Kier molecular flexibility index (Phi) is 6.60. The van der Waals surface area contributed by atoms with Gasteiger partial charge in [0.25, 0.3) is 0 Å². The summed E-state index contributed by atoms with van der Waals surface area (Å²) in [5.74, 6) is 1.44. The zero-order valence-electron chi connectivity index (χ0n) is 20.8. The molecule has 35 heavy (non-hydrogen) atoms. The first kappa shape index (κ1) is 23.5. The molecule has 0 bridgehead atoms. The van der Waals surface area contributed by atoms with Crippen LogP contribution >= 0.6 is 0 Å². The number of carbonyl (C=O) groups excluding carboxylic acids is 1. The monoisotopic (exact) mass is 474 g/mol. The molecule has 2 aliphatic rings. The number of benzene rings is 2. The molecule has 3 heterocycles. The van der Waals surface area contributed by atoms with Crippen LogP contribution in [0.2, 0.25) is 0 Å². The van der Waals surface area contributed by atoms with Crippen molar-refractivity contribution < 1.29 is 13.9 Å². The molecule has 2 aliphatic heterocycles. The molecule has 7 heteroatoms. The molecule has 0 radical (unpaired) electrons. The lowest BCUT2D eigenvalue weighted by Crippen LogP contribution is -2.50. The van der Waals surface area contributed by atoms with Crippen LogP contribution in [0.15, 0.2) is 52.0 Å². The third-order valence-electron chi connectivity index (χ3n) is 7.18. The Hall–Kier alpha value is -3.19. The molecule has 1 fully saturated rings. The van der Waals surface area contributed by atoms with Gasteiger partial charge in [-0.1, -0.05) is 25.5 Å². The van der Waals surface area contributed by atoms with Crippen molar-refractivity contribution in [1.82, 2.24) is 15.3 Å². The first-order chi connectivity index (χ1) is 16.9. The maximum absolute atomic E-state index is 11.7. The molecule has 1 atom stereocenters. The standard InChI is InChI=1S/C28H34N4O3/c1-4-19-17-25(33)30-31-26(19)20-11-12-23-24(16-20)35-27(29-23)21-9-8-10-22(15-21)34-18-28(2,3)32-13-6-5-7-14-32/h8-12,15-16,19H,4-7,13-14,17-18H2,1-3H3,(H,30,33). The number of carbonyl (C=O) groups is 1. The summed E-state index contributed by atoms with van der Waals surface area (Å²) >= 11 is 0. The molecule has 184 valence electrons. The van der Waals surface area contributed by atoms with Crippen LogP contribution in [-0.2, 0) is 4.79 Å². The van der Waals surface area contributed by atoms with Crippen LogP contribution in [0.4, 0.5) is 0 Å². The lowest BCUT2D eigenvalue weighted by atomic mass is 9.90. The Bertz CT molecular complexity index is 1240. The average Bonchev–Trinajstić information content (AvgIpc) is 3.32. The molecule has 0 saturated carbocycles. The summed E-state index contributed by atoms with van der Waals surface area (Å²) in [6.07, 6.45) is 5.16. The van der Waals surface area contributed by atoms with Crippen molar-refractivity contribution in [3.05, 3.63) is 48.0 Å². The van der Waals surface area contributed by atoms with Crippen LogP contribution in [0.1, 0.15) is 58.4 Å². The van der Waals surface area contributed by atoms with Crippen molar-refractivity contribution >= 4 is 22.7 Å². The zero-order valence-corrected chi connectivity index (χ0v) is 20.8. The highest BCUT2D eigenvalue weighted by molar-refractivity contribution is 6.07. The number of hydrogen-bond acceptors (Lipinski definition) is 6. The lowest BCUT2D eigenvalue weighted by Gasteiger charge is -2.40. The van der Waals surface area contributed by atoms with Gasteiger partial charge in [0, 0.05) is 29.0 Å². The Morgan fingerprint density at radius 2 is 1.94 bits per heavy atom. The van der Waals surface area contributed by atoms with Gasteiger partial charge >= 0.3 is 0 Å². The third kappa shape index (κ3) is 5.10. The number of likely N-dealkylation sites (tertiary alicyclic amines) is 1. The van der Waals surface area contributed by atoms with Crippen LogP contribution in [-0.4, -0.2) is 46.7 Å². The largest absolute Gasteiger partial charge is 0.492 e. The molecular formula is C28H34N4O3. The minimum atomic E-state index is -0.0370. The summed E-state index contributed by atoms with van der Waals surface area (Å²) in [6, 6.07) is 13.8. The third-order valence-corrected chi connectivity index (χ3v) is 7.18. The zero-order chi connectivity index (χ0) is 24.4. The summed E-state index contributed by atoms with van der Waals surface area (Å²) in [6.45, 7) is 9.49. The first-order valence-electron chi connectivity index (χ1n) is 12.7. The van der Waals surface area contributed by atoms with Crippen molar-refractivity contribution in [1.29, 1.82) is 0 Å². The number of fused-ring (bicyclic) bond motifs is 1. The van der Waals surface area contributed by atoms with E-state index in [0.717, 1.165) is 47.6 Å². The lowest BCUT2D eigenvalue weighted by molar-refractivity contribution is -0.122. The fourth-order valence-electron chi connectivity index (χ4n) is 4.99. The van der Waals surface area contributed by atoms with E-state index in [-0.39, 0.29) is 17.4 Å². The molecular weight excluding hydrogens is 440 g/mol. The van der Waals surface area contributed by atoms with Crippen molar-refractivity contribution in [3.63, 3.8) is 0 Å². The SMILES string of the molecule is CCC1CC(=O)NN=C1c1ccc2nc(-c3cccc(OCC(C)(C)N4CCCCC4)c3)oc2c1. The topological polar surface area (TPSA) is 80.0 Å². The average molecular weight is 475 g/mol. The Labute approximate surface area is 206 Å². The van der Waals surface area contributed by atoms with Crippen LogP contribution < -0.4 is 10.2 Å². The molecule has 5 rings (SSSR count). The molecule has 1 unspecified atom stereocenters. The fraction of sp³-hybridized carbons (Fsp3) is 0.464. The molecule has 0 spiro atoms. The maximum Gasteiger partial charge on any atom is 0.240 e. The second-order valence-corrected chi connectivity index (χ2v) is 10.2. The van der Waals surface area contributed by atoms with E-state index in [1.807, 2.05) is 42.5 Å². The number of piperidine rings is 1. The fourth-order valence-corrected chi connectivity index (χ4v) is 4.99. The van der Waals surface area contributed by atoms with Gasteiger partial charge in [-0.15, -0.1) is 0 Å². The van der Waals surface area contributed by atoms with Gasteiger partial charge in [0.15, 0.2) is 5.58 Å². The molecule has 0 aliphatic carbocycles. The van der Waals surface area contributed by atoms with Gasteiger partial charge in [0.05, 0.1) is 5.71 Å². The molecule has 3 aromatic rings. The van der Waals surface area contributed by atoms with E-state index in [4.69, 9.17) is 14.1 Å². The second-order valence-electron chi connectivity index (χ2n) is 10.2. The number of nitrogens with zero attached hydrogens (tertiary/aromatic N) is 3. The van der Waals surface area contributed by atoms with Crippen molar-refractivity contribution in [2.45, 2.75) is 58.4 Å². The summed E-state index contributed by atoms with van der Waals surface area (Å²) in [4.78, 5) is 19.0. The number of rotatable bonds is 7. The molecule has 7 nitrogen and oxygen atoms in total. The number of amides is 1. The van der Waals surface area contributed by atoms with E-state index in [9.17, 15) is 4.79 Å². The molecule has 2 aromatic carbocycles. The summed E-state index contributed by atoms with van der Waals surface area (Å²) < 4.78 is 12.4. The quantitative estimate of drug-likeness (QED) is 0.497. The number of hydrazone groups is 1. The van der Waals surface area contributed by atoms with E-state index in [1.165, 1.54) is 19.3 Å². The summed E-state index contributed by atoms with van der Waals surface area (Å²) in [7, 11) is 0. The molecule has 1 amide bonds. The smallest absolute Gasteiger partial charge is 0.240 e. The Morgan fingerprint density at radius 1 is 1.11 bits per heavy atom. The number of hydrogen-bond donors (Lipinski definition) is 1. The number of ether oxygens (including phenoxy) is 1. The normalized spacial score (nSPS) is 19.5. The summed E-state index contributed by atoms with van der Waals surface area (Å²) in [5, 5.41) is 4.33. The number of aromatic nitrogens is 1.